The summed E-state index contributed by atoms with van der Waals surface area (Å²) in [5.41, 5.74) is 1.80. The highest BCUT2D eigenvalue weighted by Crippen LogP contribution is 2.27. The summed E-state index contributed by atoms with van der Waals surface area (Å²) in [6, 6.07) is 3.83. The summed E-state index contributed by atoms with van der Waals surface area (Å²) in [5, 5.41) is 3.90. The SMILES string of the molecule is Cc1nc(-c2ccncc2)sc1C(=O)NCCCCN1CCCC1. The summed E-state index contributed by atoms with van der Waals surface area (Å²) >= 11 is 1.45. The van der Waals surface area contributed by atoms with E-state index in [9.17, 15) is 4.79 Å². The third kappa shape index (κ3) is 4.39. The third-order valence-corrected chi connectivity index (χ3v) is 5.52. The van der Waals surface area contributed by atoms with Crippen molar-refractivity contribution in [2.45, 2.75) is 32.6 Å². The highest BCUT2D eigenvalue weighted by atomic mass is 32.1. The number of nitrogens with one attached hydrogen (secondary N) is 1. The van der Waals surface area contributed by atoms with E-state index in [2.05, 4.69) is 20.2 Å². The lowest BCUT2D eigenvalue weighted by Crippen LogP contribution is -2.26. The first-order chi connectivity index (χ1) is 11.7. The second-order valence-electron chi connectivity index (χ2n) is 6.18. The average Bonchev–Trinajstić information content (AvgIpc) is 3.25. The van der Waals surface area contributed by atoms with Crippen molar-refractivity contribution in [2.75, 3.05) is 26.2 Å². The minimum Gasteiger partial charge on any atom is -0.351 e. The molecule has 1 amide bonds. The van der Waals surface area contributed by atoms with Gasteiger partial charge in [-0.3, -0.25) is 9.78 Å². The number of rotatable bonds is 7. The number of carbonyl (C=O) groups excluding carboxylic acids is 1. The largest absolute Gasteiger partial charge is 0.351 e. The number of hydrogen-bond acceptors (Lipinski definition) is 5. The van der Waals surface area contributed by atoms with Crippen molar-refractivity contribution in [3.63, 3.8) is 0 Å². The van der Waals surface area contributed by atoms with Crippen molar-refractivity contribution >= 4 is 17.2 Å². The highest BCUT2D eigenvalue weighted by molar-refractivity contribution is 7.17. The molecule has 0 aliphatic carbocycles. The molecule has 0 saturated carbocycles. The van der Waals surface area contributed by atoms with Crippen molar-refractivity contribution in [2.24, 2.45) is 0 Å². The fourth-order valence-corrected chi connectivity index (χ4v) is 3.96. The van der Waals surface area contributed by atoms with Crippen LogP contribution in [0.5, 0.6) is 0 Å². The molecule has 1 aliphatic heterocycles. The second-order valence-corrected chi connectivity index (χ2v) is 7.18. The van der Waals surface area contributed by atoms with Gasteiger partial charge in [0.1, 0.15) is 9.88 Å². The molecule has 6 heteroatoms. The van der Waals surface area contributed by atoms with Crippen molar-refractivity contribution in [1.29, 1.82) is 0 Å². The van der Waals surface area contributed by atoms with Crippen molar-refractivity contribution < 1.29 is 4.79 Å². The van der Waals surface area contributed by atoms with Gasteiger partial charge in [-0.25, -0.2) is 4.98 Å². The first kappa shape index (κ1) is 17.0. The molecule has 128 valence electrons. The van der Waals surface area contributed by atoms with Gasteiger partial charge in [-0.05, 0) is 64.4 Å². The molecule has 2 aromatic heterocycles. The monoisotopic (exact) mass is 344 g/mol. The van der Waals surface area contributed by atoms with Gasteiger partial charge in [0, 0.05) is 24.5 Å². The third-order valence-electron chi connectivity index (χ3n) is 4.32. The number of nitrogens with zero attached hydrogens (tertiary/aromatic N) is 3. The topological polar surface area (TPSA) is 58.1 Å². The van der Waals surface area contributed by atoms with Gasteiger partial charge in [-0.15, -0.1) is 11.3 Å². The summed E-state index contributed by atoms with van der Waals surface area (Å²) in [4.78, 5) is 24.1. The molecule has 0 bridgehead atoms. The minimum atomic E-state index is -0.00789. The molecule has 3 rings (SSSR count). The van der Waals surface area contributed by atoms with E-state index < -0.39 is 0 Å². The molecular weight excluding hydrogens is 320 g/mol. The van der Waals surface area contributed by atoms with Gasteiger partial charge < -0.3 is 10.2 Å². The summed E-state index contributed by atoms with van der Waals surface area (Å²) in [6.07, 6.45) is 8.32. The number of carbonyl (C=O) groups is 1. The van der Waals surface area contributed by atoms with Gasteiger partial charge >= 0.3 is 0 Å². The van der Waals surface area contributed by atoms with Crippen LogP contribution in [-0.2, 0) is 0 Å². The molecule has 2 aromatic rings. The van der Waals surface area contributed by atoms with Crippen LogP contribution in [0.15, 0.2) is 24.5 Å². The fourth-order valence-electron chi connectivity index (χ4n) is 2.97. The number of aromatic nitrogens is 2. The van der Waals surface area contributed by atoms with E-state index in [1.54, 1.807) is 12.4 Å². The number of pyridine rings is 1. The summed E-state index contributed by atoms with van der Waals surface area (Å²) in [7, 11) is 0. The molecule has 1 fully saturated rings. The number of hydrogen-bond donors (Lipinski definition) is 1. The van der Waals surface area contributed by atoms with Gasteiger partial charge in [-0.1, -0.05) is 0 Å². The minimum absolute atomic E-state index is 0.00789. The predicted molar refractivity (Wildman–Crippen MR) is 97.3 cm³/mol. The average molecular weight is 344 g/mol. The van der Waals surface area contributed by atoms with Crippen LogP contribution in [0.4, 0.5) is 0 Å². The first-order valence-corrected chi connectivity index (χ1v) is 9.44. The van der Waals surface area contributed by atoms with E-state index in [1.165, 1.54) is 37.3 Å². The number of likely N-dealkylation sites (tertiary alicyclic amines) is 1. The highest BCUT2D eigenvalue weighted by Gasteiger charge is 2.16. The molecule has 1 aliphatic rings. The van der Waals surface area contributed by atoms with Crippen LogP contribution < -0.4 is 5.32 Å². The van der Waals surface area contributed by atoms with Crippen LogP contribution in [0.1, 0.15) is 41.0 Å². The summed E-state index contributed by atoms with van der Waals surface area (Å²) < 4.78 is 0. The second kappa shape index (κ2) is 8.35. The molecule has 0 aromatic carbocycles. The van der Waals surface area contributed by atoms with Crippen molar-refractivity contribution in [1.82, 2.24) is 20.2 Å². The number of unbranched alkanes of at least 4 members (excludes halogenated alkanes) is 1. The molecule has 0 spiro atoms. The maximum atomic E-state index is 12.4. The molecular formula is C18H24N4OS. The molecule has 1 N–H and O–H groups in total. The van der Waals surface area contributed by atoms with Crippen LogP contribution in [0.25, 0.3) is 10.6 Å². The van der Waals surface area contributed by atoms with Gasteiger partial charge in [-0.2, -0.15) is 0 Å². The van der Waals surface area contributed by atoms with Gasteiger partial charge in [0.25, 0.3) is 5.91 Å². The molecule has 0 atom stereocenters. The van der Waals surface area contributed by atoms with E-state index in [1.807, 2.05) is 19.1 Å². The molecule has 0 unspecified atom stereocenters. The Morgan fingerprint density at radius 1 is 1.25 bits per heavy atom. The Morgan fingerprint density at radius 3 is 2.75 bits per heavy atom. The van der Waals surface area contributed by atoms with E-state index in [0.717, 1.165) is 42.2 Å². The smallest absolute Gasteiger partial charge is 0.263 e. The maximum absolute atomic E-state index is 12.4. The lowest BCUT2D eigenvalue weighted by atomic mass is 10.3. The maximum Gasteiger partial charge on any atom is 0.263 e. The summed E-state index contributed by atoms with van der Waals surface area (Å²) in [6.45, 7) is 6.26. The van der Waals surface area contributed by atoms with E-state index in [0.29, 0.717) is 4.88 Å². The number of amides is 1. The quantitative estimate of drug-likeness (QED) is 0.784. The summed E-state index contributed by atoms with van der Waals surface area (Å²) in [5.74, 6) is -0.00789. The molecule has 5 nitrogen and oxygen atoms in total. The normalized spacial score (nSPS) is 14.9. The first-order valence-electron chi connectivity index (χ1n) is 8.62. The Morgan fingerprint density at radius 2 is 2.00 bits per heavy atom. The Hall–Kier alpha value is -1.79. The van der Waals surface area contributed by atoms with Crippen LogP contribution in [0.3, 0.4) is 0 Å². The Balaban J connectivity index is 1.47. The van der Waals surface area contributed by atoms with E-state index in [-0.39, 0.29) is 5.91 Å². The van der Waals surface area contributed by atoms with Crippen LogP contribution in [-0.4, -0.2) is 47.0 Å². The lowest BCUT2D eigenvalue weighted by molar-refractivity contribution is 0.0956. The standard InChI is InChI=1S/C18H24N4OS/c1-14-16(24-18(21-14)15-6-9-19-10-7-15)17(23)20-8-2-3-11-22-12-4-5-13-22/h6-7,9-10H,2-5,8,11-13H2,1H3,(H,20,23). The number of thiazole rings is 1. The van der Waals surface area contributed by atoms with Crippen LogP contribution >= 0.6 is 11.3 Å². The molecule has 1 saturated heterocycles. The Bertz CT molecular complexity index is 665. The Kier molecular flexibility index (Phi) is 5.93. The lowest BCUT2D eigenvalue weighted by Gasteiger charge is -2.13. The molecule has 3 heterocycles. The zero-order valence-corrected chi connectivity index (χ0v) is 14.9. The van der Waals surface area contributed by atoms with Gasteiger partial charge in [0.05, 0.1) is 5.69 Å². The molecule has 24 heavy (non-hydrogen) atoms. The zero-order valence-electron chi connectivity index (χ0n) is 14.1. The zero-order chi connectivity index (χ0) is 16.8. The Labute approximate surface area is 147 Å². The van der Waals surface area contributed by atoms with E-state index in [4.69, 9.17) is 0 Å². The van der Waals surface area contributed by atoms with Crippen LogP contribution in [0.2, 0.25) is 0 Å². The van der Waals surface area contributed by atoms with Crippen LogP contribution in [0, 0.1) is 6.92 Å². The number of aryl methyl sites for hydroxylation is 1. The molecule has 0 radical (unpaired) electrons. The van der Waals surface area contributed by atoms with Crippen molar-refractivity contribution in [3.8, 4) is 10.6 Å². The van der Waals surface area contributed by atoms with Crippen molar-refractivity contribution in [3.05, 3.63) is 35.1 Å². The van der Waals surface area contributed by atoms with Gasteiger partial charge in [0.2, 0.25) is 0 Å². The predicted octanol–water partition coefficient (Wildman–Crippen LogP) is 3.12. The van der Waals surface area contributed by atoms with E-state index >= 15 is 0 Å². The fraction of sp³-hybridized carbons (Fsp3) is 0.500. The van der Waals surface area contributed by atoms with Gasteiger partial charge in [0.15, 0.2) is 0 Å².